The Labute approximate surface area is 184 Å². The first-order chi connectivity index (χ1) is 15.6. The molecule has 0 aliphatic carbocycles. The van der Waals surface area contributed by atoms with Gasteiger partial charge in [0.25, 0.3) is 5.91 Å². The molecule has 8 nitrogen and oxygen atoms in total. The lowest BCUT2D eigenvalue weighted by atomic mass is 10.0. The van der Waals surface area contributed by atoms with Crippen LogP contribution in [0.15, 0.2) is 36.5 Å². The Morgan fingerprint density at radius 2 is 1.97 bits per heavy atom. The van der Waals surface area contributed by atoms with Crippen LogP contribution in [0.25, 0.3) is 22.3 Å². The number of hydrogen-bond donors (Lipinski definition) is 2. The highest BCUT2D eigenvalue weighted by Crippen LogP contribution is 2.32. The number of carbonyl (C=O) groups excluding carboxylic acids is 3. The van der Waals surface area contributed by atoms with Crippen LogP contribution in [0.1, 0.15) is 40.7 Å². The first-order valence-corrected chi connectivity index (χ1v) is 11.0. The van der Waals surface area contributed by atoms with Crippen molar-refractivity contribution in [2.45, 2.75) is 38.4 Å². The highest BCUT2D eigenvalue weighted by atomic mass is 16.2. The molecule has 3 aromatic rings. The van der Waals surface area contributed by atoms with Gasteiger partial charge in [0.1, 0.15) is 11.7 Å². The molecule has 2 aromatic heterocycles. The molecular formula is C24H23N5O3. The zero-order valence-corrected chi connectivity index (χ0v) is 17.6. The minimum atomic E-state index is -0.604. The van der Waals surface area contributed by atoms with Gasteiger partial charge in [-0.3, -0.25) is 24.6 Å². The largest absolute Gasteiger partial charge is 0.346 e. The molecule has 0 spiro atoms. The van der Waals surface area contributed by atoms with Crippen LogP contribution < -0.4 is 5.32 Å². The van der Waals surface area contributed by atoms with E-state index in [1.807, 2.05) is 24.4 Å². The summed E-state index contributed by atoms with van der Waals surface area (Å²) in [6.07, 6.45) is 3.78. The van der Waals surface area contributed by atoms with E-state index >= 15 is 0 Å². The third-order valence-electron chi connectivity index (χ3n) is 6.78. The van der Waals surface area contributed by atoms with E-state index in [1.54, 1.807) is 4.90 Å². The summed E-state index contributed by atoms with van der Waals surface area (Å²) >= 11 is 0. The van der Waals surface area contributed by atoms with Gasteiger partial charge in [0.2, 0.25) is 11.8 Å². The molecule has 2 N–H and O–H groups in total. The fraction of sp³-hybridized carbons (Fsp3) is 0.333. The number of pyridine rings is 1. The number of aromatic nitrogens is 2. The van der Waals surface area contributed by atoms with Gasteiger partial charge >= 0.3 is 0 Å². The molecule has 2 saturated heterocycles. The number of nitrogens with one attached hydrogen (secondary N) is 2. The third-order valence-corrected chi connectivity index (χ3v) is 6.78. The quantitative estimate of drug-likeness (QED) is 0.620. The van der Waals surface area contributed by atoms with Gasteiger partial charge in [-0.1, -0.05) is 6.07 Å². The molecule has 0 radical (unpaired) electrons. The summed E-state index contributed by atoms with van der Waals surface area (Å²) in [4.78, 5) is 48.8. The fourth-order valence-corrected chi connectivity index (χ4v) is 4.90. The highest BCUT2D eigenvalue weighted by Gasteiger charge is 2.39. The molecule has 0 saturated carbocycles. The number of rotatable bonds is 4. The topological polar surface area (TPSA) is 98.4 Å². The summed E-state index contributed by atoms with van der Waals surface area (Å²) in [7, 11) is 0. The number of imide groups is 1. The Balaban J connectivity index is 1.32. The first-order valence-electron chi connectivity index (χ1n) is 11.0. The number of likely N-dealkylation sites (tertiary alicyclic amines) is 1. The molecule has 3 aliphatic heterocycles. The monoisotopic (exact) mass is 429 g/mol. The second-order valence-electron chi connectivity index (χ2n) is 8.81. The first kappa shape index (κ1) is 19.2. The maximum absolute atomic E-state index is 13.0. The predicted molar refractivity (Wildman–Crippen MR) is 117 cm³/mol. The summed E-state index contributed by atoms with van der Waals surface area (Å²) in [5, 5.41) is 3.49. The van der Waals surface area contributed by atoms with E-state index < -0.39 is 11.9 Å². The third kappa shape index (κ3) is 3.10. The van der Waals surface area contributed by atoms with Gasteiger partial charge in [-0.2, -0.15) is 0 Å². The number of carbonyl (C=O) groups is 3. The van der Waals surface area contributed by atoms with Crippen molar-refractivity contribution in [2.24, 2.45) is 0 Å². The molecule has 162 valence electrons. The second-order valence-corrected chi connectivity index (χ2v) is 8.81. The number of benzene rings is 1. The SMILES string of the molecule is O=C1CCC(N2Cc3cc(-c4cc(CN5CCC5)c5cc[nH]c5n4)ccc3C2=O)C(=O)N1. The highest BCUT2D eigenvalue weighted by molar-refractivity contribution is 6.05. The van der Waals surface area contributed by atoms with E-state index in [1.165, 1.54) is 12.0 Å². The standard InChI is InChI=1S/C24H23N5O3/c30-21-5-4-20(23(31)27-21)29-13-15-10-14(2-3-18(15)24(29)32)19-11-16(12-28-8-1-9-28)17-6-7-25-22(17)26-19/h2-3,6-7,10-11,20H,1,4-5,8-9,12-13H2,(H,25,26)(H,27,30,31). The smallest absolute Gasteiger partial charge is 0.255 e. The van der Waals surface area contributed by atoms with E-state index in [4.69, 9.17) is 4.98 Å². The Morgan fingerprint density at radius 1 is 1.09 bits per heavy atom. The summed E-state index contributed by atoms with van der Waals surface area (Å²) in [5.41, 5.74) is 5.41. The van der Waals surface area contributed by atoms with E-state index in [0.717, 1.165) is 47.5 Å². The lowest BCUT2D eigenvalue weighted by Crippen LogP contribution is -2.52. The van der Waals surface area contributed by atoms with Crippen molar-refractivity contribution < 1.29 is 14.4 Å². The van der Waals surface area contributed by atoms with Crippen molar-refractivity contribution in [1.29, 1.82) is 0 Å². The number of amides is 3. The number of H-pyrrole nitrogens is 1. The van der Waals surface area contributed by atoms with E-state index in [0.29, 0.717) is 18.5 Å². The van der Waals surface area contributed by atoms with Crippen LogP contribution in [0.4, 0.5) is 0 Å². The molecule has 8 heteroatoms. The molecule has 1 atom stereocenters. The summed E-state index contributed by atoms with van der Waals surface area (Å²) in [6, 6.07) is 9.37. The molecule has 3 aliphatic rings. The van der Waals surface area contributed by atoms with Crippen LogP contribution in [0.5, 0.6) is 0 Å². The number of piperidine rings is 1. The molecule has 5 heterocycles. The number of nitrogens with zero attached hydrogens (tertiary/aromatic N) is 3. The molecule has 1 unspecified atom stereocenters. The number of aromatic amines is 1. The van der Waals surface area contributed by atoms with Crippen LogP contribution in [0.3, 0.4) is 0 Å². The molecule has 6 rings (SSSR count). The second kappa shape index (κ2) is 7.27. The van der Waals surface area contributed by atoms with Crippen molar-refractivity contribution in [3.05, 3.63) is 53.2 Å². The number of hydrogen-bond acceptors (Lipinski definition) is 5. The average molecular weight is 429 g/mol. The number of fused-ring (bicyclic) bond motifs is 2. The molecular weight excluding hydrogens is 406 g/mol. The fourth-order valence-electron chi connectivity index (χ4n) is 4.90. The summed E-state index contributed by atoms with van der Waals surface area (Å²) < 4.78 is 0. The summed E-state index contributed by atoms with van der Waals surface area (Å²) in [5.74, 6) is -0.832. The van der Waals surface area contributed by atoms with Crippen molar-refractivity contribution in [3.63, 3.8) is 0 Å². The van der Waals surface area contributed by atoms with Crippen molar-refractivity contribution in [2.75, 3.05) is 13.1 Å². The normalized spacial score (nSPS) is 21.1. The lowest BCUT2D eigenvalue weighted by molar-refractivity contribution is -0.136. The maximum atomic E-state index is 13.0. The van der Waals surface area contributed by atoms with Gasteiger partial charge in [0, 0.05) is 42.2 Å². The van der Waals surface area contributed by atoms with Crippen molar-refractivity contribution in [3.8, 4) is 11.3 Å². The molecule has 32 heavy (non-hydrogen) atoms. The predicted octanol–water partition coefficient (Wildman–Crippen LogP) is 2.20. The maximum Gasteiger partial charge on any atom is 0.255 e. The molecule has 0 bridgehead atoms. The minimum absolute atomic E-state index is 0.160. The van der Waals surface area contributed by atoms with Gasteiger partial charge in [-0.05, 0) is 61.3 Å². The Kier molecular flexibility index (Phi) is 4.36. The van der Waals surface area contributed by atoms with Crippen LogP contribution in [-0.4, -0.2) is 56.6 Å². The molecule has 3 amide bonds. The lowest BCUT2D eigenvalue weighted by Gasteiger charge is -2.31. The Hall–Kier alpha value is -3.52. The summed E-state index contributed by atoms with van der Waals surface area (Å²) in [6.45, 7) is 3.51. The molecule has 1 aromatic carbocycles. The minimum Gasteiger partial charge on any atom is -0.346 e. The van der Waals surface area contributed by atoms with Gasteiger partial charge in [0.15, 0.2) is 0 Å². The Bertz CT molecular complexity index is 1280. The van der Waals surface area contributed by atoms with E-state index in [-0.39, 0.29) is 18.2 Å². The van der Waals surface area contributed by atoms with Crippen LogP contribution in [0.2, 0.25) is 0 Å². The van der Waals surface area contributed by atoms with Crippen LogP contribution >= 0.6 is 0 Å². The van der Waals surface area contributed by atoms with Crippen molar-refractivity contribution >= 4 is 28.8 Å². The van der Waals surface area contributed by atoms with Gasteiger partial charge in [-0.25, -0.2) is 4.98 Å². The Morgan fingerprint density at radius 3 is 2.75 bits per heavy atom. The van der Waals surface area contributed by atoms with Gasteiger partial charge in [0.05, 0.1) is 5.69 Å². The average Bonchev–Trinajstić information content (AvgIpc) is 3.35. The van der Waals surface area contributed by atoms with E-state index in [2.05, 4.69) is 27.3 Å². The van der Waals surface area contributed by atoms with Crippen LogP contribution in [-0.2, 0) is 22.7 Å². The van der Waals surface area contributed by atoms with Crippen LogP contribution in [0, 0.1) is 0 Å². The zero-order chi connectivity index (χ0) is 21.8. The molecule has 2 fully saturated rings. The van der Waals surface area contributed by atoms with Gasteiger partial charge < -0.3 is 9.88 Å². The van der Waals surface area contributed by atoms with E-state index in [9.17, 15) is 14.4 Å². The zero-order valence-electron chi connectivity index (χ0n) is 17.6. The van der Waals surface area contributed by atoms with Crippen molar-refractivity contribution in [1.82, 2.24) is 25.1 Å². The van der Waals surface area contributed by atoms with Gasteiger partial charge in [-0.15, -0.1) is 0 Å².